The van der Waals surface area contributed by atoms with Gasteiger partial charge in [0.1, 0.15) is 11.4 Å². The van der Waals surface area contributed by atoms with Gasteiger partial charge in [-0.15, -0.1) is 0 Å². The van der Waals surface area contributed by atoms with Gasteiger partial charge in [-0.25, -0.2) is 4.98 Å². The molecule has 1 aliphatic rings. The van der Waals surface area contributed by atoms with Gasteiger partial charge in [0.15, 0.2) is 0 Å². The van der Waals surface area contributed by atoms with Gasteiger partial charge in [0.2, 0.25) is 11.9 Å². The minimum atomic E-state index is -4.56. The first-order valence-electron chi connectivity index (χ1n) is 9.32. The van der Waals surface area contributed by atoms with Crippen LogP contribution >= 0.6 is 0 Å². The third-order valence-corrected chi connectivity index (χ3v) is 4.67. The highest BCUT2D eigenvalue weighted by Gasteiger charge is 2.36. The summed E-state index contributed by atoms with van der Waals surface area (Å²) in [5.74, 6) is -0.401. The number of rotatable bonds is 5. The standard InChI is InChI=1S/C19H23F3N6O/c1-11(29)25-13-6-8-15(9-7-13)27-18-24-10-16(19(20,21)22)17(28-18)26-14-4-2-12(23)3-5-14/h6-10,12,14H,2-5,23H2,1H3,(H,25,29)(H2,24,26,27,28)/t12-,14+. The number of nitrogens with one attached hydrogen (secondary N) is 3. The lowest BCUT2D eigenvalue weighted by Gasteiger charge is -2.28. The van der Waals surface area contributed by atoms with E-state index in [1.54, 1.807) is 24.3 Å². The average Bonchev–Trinajstić information content (AvgIpc) is 2.64. The van der Waals surface area contributed by atoms with E-state index in [1.165, 1.54) is 6.92 Å². The Labute approximate surface area is 166 Å². The van der Waals surface area contributed by atoms with Gasteiger partial charge >= 0.3 is 6.18 Å². The number of carbonyl (C=O) groups excluding carboxylic acids is 1. The zero-order valence-corrected chi connectivity index (χ0v) is 15.9. The summed E-state index contributed by atoms with van der Waals surface area (Å²) in [6.07, 6.45) is -0.888. The molecule has 0 radical (unpaired) electrons. The number of amides is 1. The van der Waals surface area contributed by atoms with E-state index in [-0.39, 0.29) is 29.8 Å². The Morgan fingerprint density at radius 1 is 1.10 bits per heavy atom. The second-order valence-electron chi connectivity index (χ2n) is 7.09. The van der Waals surface area contributed by atoms with Crippen molar-refractivity contribution in [1.82, 2.24) is 9.97 Å². The third-order valence-electron chi connectivity index (χ3n) is 4.67. The largest absolute Gasteiger partial charge is 0.421 e. The number of anilines is 4. The van der Waals surface area contributed by atoms with Gasteiger partial charge in [0.25, 0.3) is 0 Å². The lowest BCUT2D eigenvalue weighted by atomic mass is 9.92. The fourth-order valence-electron chi connectivity index (χ4n) is 3.19. The van der Waals surface area contributed by atoms with Crippen molar-refractivity contribution in [3.8, 4) is 0 Å². The SMILES string of the molecule is CC(=O)Nc1ccc(Nc2ncc(C(F)(F)F)c(N[C@H]3CC[C@@H](N)CC3)n2)cc1. The number of nitrogens with two attached hydrogens (primary N) is 1. The van der Waals surface area contributed by atoms with Crippen molar-refractivity contribution in [2.24, 2.45) is 5.73 Å². The highest BCUT2D eigenvalue weighted by molar-refractivity contribution is 5.88. The van der Waals surface area contributed by atoms with Gasteiger partial charge in [-0.05, 0) is 49.9 Å². The predicted octanol–water partition coefficient (Wildman–Crippen LogP) is 3.88. The molecule has 0 saturated heterocycles. The van der Waals surface area contributed by atoms with Crippen LogP contribution < -0.4 is 21.7 Å². The van der Waals surface area contributed by atoms with E-state index in [2.05, 4.69) is 25.9 Å². The number of hydrogen-bond donors (Lipinski definition) is 4. The van der Waals surface area contributed by atoms with Crippen molar-refractivity contribution < 1.29 is 18.0 Å². The summed E-state index contributed by atoms with van der Waals surface area (Å²) >= 11 is 0. The smallest absolute Gasteiger partial charge is 0.367 e. The van der Waals surface area contributed by atoms with Crippen LogP contribution in [0.4, 0.5) is 36.3 Å². The van der Waals surface area contributed by atoms with E-state index in [0.717, 1.165) is 19.0 Å². The molecule has 156 valence electrons. The fraction of sp³-hybridized carbons (Fsp3) is 0.421. The monoisotopic (exact) mass is 408 g/mol. The molecule has 10 heteroatoms. The van der Waals surface area contributed by atoms with Gasteiger partial charge in [0, 0.05) is 36.6 Å². The second-order valence-corrected chi connectivity index (χ2v) is 7.09. The Morgan fingerprint density at radius 3 is 2.31 bits per heavy atom. The molecule has 0 spiro atoms. The maximum atomic E-state index is 13.4. The number of hydrogen-bond acceptors (Lipinski definition) is 6. The Balaban J connectivity index is 1.78. The fourth-order valence-corrected chi connectivity index (χ4v) is 3.19. The van der Waals surface area contributed by atoms with Crippen molar-refractivity contribution in [1.29, 1.82) is 0 Å². The highest BCUT2D eigenvalue weighted by Crippen LogP contribution is 2.35. The normalized spacial score (nSPS) is 19.5. The molecule has 7 nitrogen and oxygen atoms in total. The number of halogens is 3. The van der Waals surface area contributed by atoms with Gasteiger partial charge in [-0.1, -0.05) is 0 Å². The topological polar surface area (TPSA) is 105 Å². The van der Waals surface area contributed by atoms with E-state index in [4.69, 9.17) is 5.73 Å². The first kappa shape index (κ1) is 20.8. The average molecular weight is 408 g/mol. The van der Waals surface area contributed by atoms with Gasteiger partial charge < -0.3 is 21.7 Å². The van der Waals surface area contributed by atoms with Crippen LogP contribution in [-0.2, 0) is 11.0 Å². The molecule has 1 aliphatic carbocycles. The highest BCUT2D eigenvalue weighted by atomic mass is 19.4. The molecule has 2 aromatic rings. The first-order chi connectivity index (χ1) is 13.7. The van der Waals surface area contributed by atoms with Crippen LogP contribution in [0.15, 0.2) is 30.5 Å². The van der Waals surface area contributed by atoms with Crippen molar-refractivity contribution in [3.05, 3.63) is 36.0 Å². The predicted molar refractivity (Wildman–Crippen MR) is 105 cm³/mol. The Hall–Kier alpha value is -2.88. The quantitative estimate of drug-likeness (QED) is 0.599. The molecule has 3 rings (SSSR count). The molecule has 1 fully saturated rings. The molecule has 0 atom stereocenters. The van der Waals surface area contributed by atoms with Crippen molar-refractivity contribution >= 4 is 29.0 Å². The number of benzene rings is 1. The van der Waals surface area contributed by atoms with Gasteiger partial charge in [0.05, 0.1) is 0 Å². The van der Waals surface area contributed by atoms with Gasteiger partial charge in [-0.3, -0.25) is 4.79 Å². The molecule has 1 aromatic carbocycles. The van der Waals surface area contributed by atoms with E-state index in [9.17, 15) is 18.0 Å². The van der Waals surface area contributed by atoms with Gasteiger partial charge in [-0.2, -0.15) is 18.2 Å². The van der Waals surface area contributed by atoms with E-state index in [1.807, 2.05) is 0 Å². The number of aromatic nitrogens is 2. The van der Waals surface area contributed by atoms with Crippen molar-refractivity contribution in [2.75, 3.05) is 16.0 Å². The summed E-state index contributed by atoms with van der Waals surface area (Å²) in [6, 6.07) is 6.65. The molecule has 1 heterocycles. The lowest BCUT2D eigenvalue weighted by molar-refractivity contribution is -0.137. The van der Waals surface area contributed by atoms with E-state index >= 15 is 0 Å². The Kier molecular flexibility index (Phi) is 6.21. The number of nitrogens with zero attached hydrogens (tertiary/aromatic N) is 2. The third kappa shape index (κ3) is 5.80. The molecule has 5 N–H and O–H groups in total. The molecule has 1 aromatic heterocycles. The Morgan fingerprint density at radius 2 is 1.72 bits per heavy atom. The van der Waals surface area contributed by atoms with Crippen LogP contribution in [0, 0.1) is 0 Å². The number of alkyl halides is 3. The molecule has 1 saturated carbocycles. The van der Waals surface area contributed by atoms with Crippen molar-refractivity contribution in [2.45, 2.75) is 50.9 Å². The van der Waals surface area contributed by atoms with Crippen LogP contribution in [0.2, 0.25) is 0 Å². The maximum Gasteiger partial charge on any atom is 0.421 e. The number of carbonyl (C=O) groups is 1. The summed E-state index contributed by atoms with van der Waals surface area (Å²) in [5, 5.41) is 8.44. The molecular weight excluding hydrogens is 385 g/mol. The minimum Gasteiger partial charge on any atom is -0.367 e. The van der Waals surface area contributed by atoms with Crippen LogP contribution in [0.3, 0.4) is 0 Å². The lowest BCUT2D eigenvalue weighted by Crippen LogP contribution is -2.33. The Bertz CT molecular complexity index is 848. The summed E-state index contributed by atoms with van der Waals surface area (Å²) < 4.78 is 40.1. The van der Waals surface area contributed by atoms with Crippen LogP contribution in [0.25, 0.3) is 0 Å². The molecule has 0 unspecified atom stereocenters. The van der Waals surface area contributed by atoms with Crippen LogP contribution in [-0.4, -0.2) is 28.0 Å². The molecule has 0 bridgehead atoms. The summed E-state index contributed by atoms with van der Waals surface area (Å²) in [7, 11) is 0. The summed E-state index contributed by atoms with van der Waals surface area (Å²) in [6.45, 7) is 1.40. The molecule has 29 heavy (non-hydrogen) atoms. The van der Waals surface area contributed by atoms with Crippen LogP contribution in [0.1, 0.15) is 38.2 Å². The zero-order chi connectivity index (χ0) is 21.0. The minimum absolute atomic E-state index is 0.0419. The molecule has 1 amide bonds. The summed E-state index contributed by atoms with van der Waals surface area (Å²) in [5.41, 5.74) is 6.15. The maximum absolute atomic E-state index is 13.4. The first-order valence-corrected chi connectivity index (χ1v) is 9.32. The summed E-state index contributed by atoms with van der Waals surface area (Å²) in [4.78, 5) is 18.9. The van der Waals surface area contributed by atoms with E-state index < -0.39 is 11.7 Å². The molecular formula is C19H23F3N6O. The van der Waals surface area contributed by atoms with Crippen molar-refractivity contribution in [3.63, 3.8) is 0 Å². The zero-order valence-electron chi connectivity index (χ0n) is 15.9. The second kappa shape index (κ2) is 8.64. The molecule has 0 aliphatic heterocycles. The van der Waals surface area contributed by atoms with Crippen LogP contribution in [0.5, 0.6) is 0 Å². The van der Waals surface area contributed by atoms with E-state index in [0.29, 0.717) is 24.2 Å².